The molecule has 0 aliphatic heterocycles. The molecule has 4 aliphatic carbocycles. The van der Waals surface area contributed by atoms with E-state index in [1.54, 1.807) is 0 Å². The van der Waals surface area contributed by atoms with Crippen molar-refractivity contribution in [2.45, 2.75) is 85.5 Å². The fraction of sp³-hybridized carbons (Fsp3) is 0.117. The normalized spacial score (nSPS) is 12.6. The maximum atomic E-state index is 2.40. The molecule has 0 saturated carbocycles. The zero-order chi connectivity index (χ0) is 76.9. The van der Waals surface area contributed by atoms with Crippen LogP contribution in [0.2, 0.25) is 0 Å². The van der Waals surface area contributed by atoms with E-state index >= 15 is 0 Å². The van der Waals surface area contributed by atoms with Crippen LogP contribution in [0.5, 0.6) is 0 Å². The predicted octanol–water partition coefficient (Wildman–Crippen LogP) is 29.3. The molecule has 0 bridgehead atoms. The first-order chi connectivity index (χ1) is 54.2. The number of rotatable bonds is 2. The average molecular weight is 1430 g/mol. The van der Waals surface area contributed by atoms with Gasteiger partial charge in [-0.05, 0) is 183 Å². The second-order valence-electron chi connectivity index (χ2n) is 30.3. The van der Waals surface area contributed by atoms with Crippen LogP contribution < -0.4 is 0 Å². The Labute approximate surface area is 659 Å². The summed E-state index contributed by atoms with van der Waals surface area (Å²) in [5.74, 6) is 0. The number of fused-ring (bicyclic) bond motifs is 18. The third-order valence-electron chi connectivity index (χ3n) is 22.2. The maximum Gasteiger partial charge on any atom is 0.0725 e. The van der Waals surface area contributed by atoms with Gasteiger partial charge in [0.25, 0.3) is 0 Å². The second kappa shape index (κ2) is 33.8. The first-order valence-electron chi connectivity index (χ1n) is 39.0. The zero-order valence-electron chi connectivity index (χ0n) is 65.8. The van der Waals surface area contributed by atoms with E-state index < -0.39 is 0 Å². The smallest absolute Gasteiger partial charge is 0.0622 e. The SMILES string of the molecule is Cc1ccc2c(c1)C(C)(C)c1ccccc1-2.Cc1ccc2c(c1)C(c1ccccc1)(c1ccccc1)c1ccccc1-2.Cc1ccc2c(c1)C1(c3ccccc3-c3ccccc31)c1ccccc1-2.Cc1ccc2ccccc2c1.Cc1cccc2ccccc12.Cc1ccccc1.Cc1ccccc1.Cc1ccccc1. The Morgan fingerprint density at radius 3 is 0.847 bits per heavy atom. The molecule has 111 heavy (non-hydrogen) atoms. The van der Waals surface area contributed by atoms with Gasteiger partial charge in [-0.25, -0.2) is 0 Å². The third kappa shape index (κ3) is 15.5. The highest BCUT2D eigenvalue weighted by Crippen LogP contribution is 2.63. The summed E-state index contributed by atoms with van der Waals surface area (Å²) in [4.78, 5) is 0. The Balaban J connectivity index is 0.000000112. The van der Waals surface area contributed by atoms with Crippen LogP contribution in [0.1, 0.15) is 114 Å². The van der Waals surface area contributed by atoms with Gasteiger partial charge in [-0.1, -0.05) is 465 Å². The lowest BCUT2D eigenvalue weighted by molar-refractivity contribution is 0.660. The summed E-state index contributed by atoms with van der Waals surface area (Å²) in [6.07, 6.45) is 0. The van der Waals surface area contributed by atoms with Crippen molar-refractivity contribution in [1.82, 2.24) is 0 Å². The van der Waals surface area contributed by atoms with Gasteiger partial charge in [0.1, 0.15) is 0 Å². The molecule has 0 atom stereocenters. The Bertz CT molecular complexity index is 5700. The van der Waals surface area contributed by atoms with Gasteiger partial charge >= 0.3 is 0 Å². The predicted molar refractivity (Wildman–Crippen MR) is 476 cm³/mol. The molecule has 17 aromatic rings. The molecule has 0 fully saturated rings. The van der Waals surface area contributed by atoms with Crippen molar-refractivity contribution in [3.05, 3.63) is 513 Å². The van der Waals surface area contributed by atoms with Crippen molar-refractivity contribution in [2.75, 3.05) is 0 Å². The van der Waals surface area contributed by atoms with Crippen LogP contribution >= 0.6 is 0 Å². The molecule has 4 aliphatic rings. The molecule has 0 N–H and O–H groups in total. The second-order valence-corrected chi connectivity index (χ2v) is 30.3. The molecule has 21 rings (SSSR count). The van der Waals surface area contributed by atoms with E-state index in [1.165, 1.54) is 166 Å². The molecule has 0 saturated heterocycles. The minimum Gasteiger partial charge on any atom is -0.0622 e. The van der Waals surface area contributed by atoms with Gasteiger partial charge in [-0.3, -0.25) is 0 Å². The molecule has 0 amide bonds. The van der Waals surface area contributed by atoms with Crippen LogP contribution in [-0.2, 0) is 16.2 Å². The van der Waals surface area contributed by atoms with Crippen LogP contribution in [0, 0.1) is 55.4 Å². The zero-order valence-corrected chi connectivity index (χ0v) is 65.8. The van der Waals surface area contributed by atoms with Crippen molar-refractivity contribution in [2.24, 2.45) is 0 Å². The summed E-state index contributed by atoms with van der Waals surface area (Å²) in [6.45, 7) is 21.7. The summed E-state index contributed by atoms with van der Waals surface area (Å²) < 4.78 is 0. The Kier molecular flexibility index (Phi) is 22.9. The number of aryl methyl sites for hydroxylation is 8. The molecule has 1 spiro atoms. The summed E-state index contributed by atoms with van der Waals surface area (Å²) in [6, 6.07) is 147. The third-order valence-corrected chi connectivity index (χ3v) is 22.2. The van der Waals surface area contributed by atoms with Crippen molar-refractivity contribution in [3.63, 3.8) is 0 Å². The van der Waals surface area contributed by atoms with Crippen molar-refractivity contribution < 1.29 is 0 Å². The van der Waals surface area contributed by atoms with Crippen LogP contribution in [0.15, 0.2) is 413 Å². The van der Waals surface area contributed by atoms with Crippen LogP contribution in [-0.4, -0.2) is 0 Å². The lowest BCUT2D eigenvalue weighted by Crippen LogP contribution is -2.28. The van der Waals surface area contributed by atoms with Crippen molar-refractivity contribution in [3.8, 4) is 44.5 Å². The van der Waals surface area contributed by atoms with Gasteiger partial charge < -0.3 is 0 Å². The van der Waals surface area contributed by atoms with E-state index in [0.717, 1.165) is 0 Å². The highest BCUT2D eigenvalue weighted by molar-refractivity contribution is 5.95. The number of hydrogen-bond acceptors (Lipinski definition) is 0. The van der Waals surface area contributed by atoms with Crippen LogP contribution in [0.3, 0.4) is 0 Å². The van der Waals surface area contributed by atoms with E-state index in [9.17, 15) is 0 Å². The number of hydrogen-bond donors (Lipinski definition) is 0. The van der Waals surface area contributed by atoms with Gasteiger partial charge in [0.05, 0.1) is 10.8 Å². The van der Waals surface area contributed by atoms with Crippen molar-refractivity contribution in [1.29, 1.82) is 0 Å². The van der Waals surface area contributed by atoms with E-state index in [0.29, 0.717) is 0 Å². The monoisotopic (exact) mass is 1430 g/mol. The minimum absolute atomic E-state index is 0.151. The molecule has 17 aromatic carbocycles. The van der Waals surface area contributed by atoms with Gasteiger partial charge in [0, 0.05) is 5.41 Å². The van der Waals surface area contributed by atoms with Crippen molar-refractivity contribution >= 4 is 21.5 Å². The Hall–Kier alpha value is -12.7. The fourth-order valence-corrected chi connectivity index (χ4v) is 16.9. The summed E-state index contributed by atoms with van der Waals surface area (Å²) in [5, 5.41) is 5.33. The van der Waals surface area contributed by atoms with Gasteiger partial charge in [-0.2, -0.15) is 0 Å². The van der Waals surface area contributed by atoms with Gasteiger partial charge in [-0.15, -0.1) is 0 Å². The van der Waals surface area contributed by atoms with E-state index in [4.69, 9.17) is 0 Å². The highest BCUT2D eigenvalue weighted by Gasteiger charge is 2.51. The van der Waals surface area contributed by atoms with Crippen LogP contribution in [0.25, 0.3) is 66.1 Å². The molecular formula is C111H98. The molecule has 0 unspecified atom stereocenters. The Morgan fingerprint density at radius 1 is 0.162 bits per heavy atom. The first kappa shape index (κ1) is 75.1. The minimum atomic E-state index is -0.263. The molecule has 0 heterocycles. The quantitative estimate of drug-likeness (QED) is 0.162. The molecule has 542 valence electrons. The van der Waals surface area contributed by atoms with E-state index in [-0.39, 0.29) is 16.2 Å². The lowest BCUT2D eigenvalue weighted by atomic mass is 9.67. The Morgan fingerprint density at radius 2 is 0.441 bits per heavy atom. The topological polar surface area (TPSA) is 0 Å². The van der Waals surface area contributed by atoms with E-state index in [1.807, 2.05) is 54.6 Å². The summed E-state index contributed by atoms with van der Waals surface area (Å²) in [7, 11) is 0. The summed E-state index contributed by atoms with van der Waals surface area (Å²) >= 11 is 0. The lowest BCUT2D eigenvalue weighted by Gasteiger charge is -2.34. The first-order valence-corrected chi connectivity index (χ1v) is 39.0. The number of benzene rings is 17. The van der Waals surface area contributed by atoms with Gasteiger partial charge in [0.2, 0.25) is 0 Å². The molecule has 0 aromatic heterocycles. The van der Waals surface area contributed by atoms with Gasteiger partial charge in [0.15, 0.2) is 0 Å². The standard InChI is InChI=1S/C26H18.C26H20.C16H16.2C11H10.3C7H8/c1-17-14-15-21-20-10-4-7-13-24(20)26(25(21)16-17)22-11-5-2-8-18(22)19-9-3-6-12-23(19)26;1-19-16-17-23-22-14-8-9-15-24(22)26(25(23)18-19,20-10-4-2-5-11-20)21-12-6-3-7-13-21;1-11-8-9-13-12-6-4-5-7-14(12)16(2,3)15(13)10-11;1-9-5-4-7-10-6-2-3-8-11(9)10;1-9-6-7-10-4-2-3-5-11(10)8-9;3*1-7-5-3-2-4-6-7/h2-16H,1H3;2-18H,1H3;4-10H,1-3H3;2*2-8H,1H3;3*2-6H,1H3. The fourth-order valence-electron chi connectivity index (χ4n) is 16.9. The highest BCUT2D eigenvalue weighted by atomic mass is 14.5. The molecule has 0 nitrogen and oxygen atoms in total. The van der Waals surface area contributed by atoms with E-state index in [2.05, 4.69) is 427 Å². The average Bonchev–Trinajstić information content (AvgIpc) is 1.51. The molecule has 0 heteroatoms. The molecule has 0 radical (unpaired) electrons. The maximum absolute atomic E-state index is 2.40. The van der Waals surface area contributed by atoms with Crippen LogP contribution in [0.4, 0.5) is 0 Å². The summed E-state index contributed by atoms with van der Waals surface area (Å²) in [5.41, 5.74) is 35.3. The largest absolute Gasteiger partial charge is 0.0725 e. The molecular weight excluding hydrogens is 1330 g/mol.